The highest BCUT2D eigenvalue weighted by Gasteiger charge is 2.04. The van der Waals surface area contributed by atoms with E-state index in [-0.39, 0.29) is 17.6 Å². The van der Waals surface area contributed by atoms with Crippen LogP contribution in [0.15, 0.2) is 40.2 Å². The first-order valence-electron chi connectivity index (χ1n) is 7.61. The minimum Gasteiger partial charge on any atom is -0.491 e. The Kier molecular flexibility index (Phi) is 5.51. The van der Waals surface area contributed by atoms with Crippen molar-refractivity contribution in [3.8, 4) is 5.75 Å². The third-order valence-corrected chi connectivity index (χ3v) is 2.99. The molecule has 6 nitrogen and oxygen atoms in total. The van der Waals surface area contributed by atoms with Gasteiger partial charge in [0.15, 0.2) is 0 Å². The summed E-state index contributed by atoms with van der Waals surface area (Å²) >= 11 is 0. The van der Waals surface area contributed by atoms with Gasteiger partial charge in [0.05, 0.1) is 18.0 Å². The van der Waals surface area contributed by atoms with Crippen molar-refractivity contribution in [2.45, 2.75) is 39.7 Å². The van der Waals surface area contributed by atoms with Gasteiger partial charge in [0.1, 0.15) is 5.75 Å². The molecule has 0 saturated heterocycles. The zero-order chi connectivity index (χ0) is 16.8. The summed E-state index contributed by atoms with van der Waals surface area (Å²) in [4.78, 5) is 18.5. The maximum absolute atomic E-state index is 11.6. The summed E-state index contributed by atoms with van der Waals surface area (Å²) in [5, 5.41) is 4.10. The molecule has 2 rings (SSSR count). The fourth-order valence-electron chi connectivity index (χ4n) is 1.90. The summed E-state index contributed by atoms with van der Waals surface area (Å²) in [5.74, 6) is 1.33. The predicted octanol–water partition coefficient (Wildman–Crippen LogP) is 3.13. The third-order valence-electron chi connectivity index (χ3n) is 2.99. The Morgan fingerprint density at radius 2 is 1.91 bits per heavy atom. The molecule has 6 heteroatoms. The average molecular weight is 314 g/mol. The summed E-state index contributed by atoms with van der Waals surface area (Å²) in [5.41, 5.74) is 4.19. The lowest BCUT2D eigenvalue weighted by atomic mass is 10.1. The van der Waals surface area contributed by atoms with Crippen LogP contribution < -0.4 is 15.7 Å². The van der Waals surface area contributed by atoms with Crippen molar-refractivity contribution in [2.24, 2.45) is 5.10 Å². The van der Waals surface area contributed by atoms with Crippen molar-refractivity contribution >= 4 is 12.2 Å². The highest BCUT2D eigenvalue weighted by atomic mass is 16.5. The predicted molar refractivity (Wildman–Crippen MR) is 92.4 cm³/mol. The molecule has 0 fully saturated rings. The van der Waals surface area contributed by atoms with E-state index in [4.69, 9.17) is 4.74 Å². The second kappa shape index (κ2) is 7.58. The topological polar surface area (TPSA) is 79.4 Å². The van der Waals surface area contributed by atoms with Crippen LogP contribution in [0.5, 0.6) is 5.75 Å². The Morgan fingerprint density at radius 3 is 2.52 bits per heavy atom. The molecule has 2 N–H and O–H groups in total. The molecule has 0 aliphatic rings. The fourth-order valence-corrected chi connectivity index (χ4v) is 1.90. The number of benzene rings is 1. The molecule has 0 amide bonds. The number of anilines is 1. The van der Waals surface area contributed by atoms with Crippen LogP contribution in [0.2, 0.25) is 0 Å². The molecule has 0 aliphatic heterocycles. The molecule has 1 aromatic heterocycles. The van der Waals surface area contributed by atoms with E-state index in [2.05, 4.69) is 20.5 Å². The first-order chi connectivity index (χ1) is 10.9. The van der Waals surface area contributed by atoms with E-state index < -0.39 is 0 Å². The van der Waals surface area contributed by atoms with E-state index >= 15 is 0 Å². The lowest BCUT2D eigenvalue weighted by Crippen LogP contribution is -2.12. The Labute approximate surface area is 135 Å². The van der Waals surface area contributed by atoms with Crippen LogP contribution in [0.25, 0.3) is 0 Å². The van der Waals surface area contributed by atoms with Crippen LogP contribution in [0, 0.1) is 0 Å². The van der Waals surface area contributed by atoms with Gasteiger partial charge in [0, 0.05) is 6.07 Å². The van der Waals surface area contributed by atoms with Gasteiger partial charge in [0.2, 0.25) is 5.95 Å². The van der Waals surface area contributed by atoms with Gasteiger partial charge in [-0.2, -0.15) is 5.10 Å². The number of rotatable bonds is 6. The lowest BCUT2D eigenvalue weighted by molar-refractivity contribution is 0.242. The van der Waals surface area contributed by atoms with Crippen molar-refractivity contribution in [3.05, 3.63) is 51.9 Å². The number of nitrogens with one attached hydrogen (secondary N) is 2. The maximum Gasteiger partial charge on any atom is 0.252 e. The van der Waals surface area contributed by atoms with E-state index in [9.17, 15) is 4.79 Å². The van der Waals surface area contributed by atoms with Crippen LogP contribution >= 0.6 is 0 Å². The summed E-state index contributed by atoms with van der Waals surface area (Å²) in [6.45, 7) is 7.93. The maximum atomic E-state index is 11.6. The molecule has 0 bridgehead atoms. The summed E-state index contributed by atoms with van der Waals surface area (Å²) in [6.07, 6.45) is 1.80. The van der Waals surface area contributed by atoms with Gasteiger partial charge >= 0.3 is 0 Å². The van der Waals surface area contributed by atoms with Gasteiger partial charge in [-0.25, -0.2) is 10.4 Å². The molecule has 0 aliphatic carbocycles. The average Bonchev–Trinajstić information content (AvgIpc) is 2.48. The molecule has 0 radical (unpaired) electrons. The van der Waals surface area contributed by atoms with Gasteiger partial charge in [-0.15, -0.1) is 0 Å². The van der Waals surface area contributed by atoms with Crippen LogP contribution in [-0.4, -0.2) is 22.3 Å². The van der Waals surface area contributed by atoms with Crippen molar-refractivity contribution in [3.63, 3.8) is 0 Å². The quantitative estimate of drug-likeness (QED) is 0.634. The number of aromatic amines is 1. The molecule has 1 heterocycles. The molecule has 1 aromatic carbocycles. The summed E-state index contributed by atoms with van der Waals surface area (Å²) < 4.78 is 5.58. The van der Waals surface area contributed by atoms with Gasteiger partial charge in [-0.1, -0.05) is 13.8 Å². The first-order valence-corrected chi connectivity index (χ1v) is 7.61. The van der Waals surface area contributed by atoms with Crippen LogP contribution in [-0.2, 0) is 0 Å². The van der Waals surface area contributed by atoms with Crippen LogP contribution in [0.4, 0.5) is 5.95 Å². The summed E-state index contributed by atoms with van der Waals surface area (Å²) in [7, 11) is 0. The molecular formula is C17H22N4O2. The van der Waals surface area contributed by atoms with E-state index in [1.807, 2.05) is 52.0 Å². The van der Waals surface area contributed by atoms with E-state index in [1.54, 1.807) is 6.21 Å². The van der Waals surface area contributed by atoms with Gasteiger partial charge < -0.3 is 4.74 Å². The first kappa shape index (κ1) is 16.7. The number of aromatic nitrogens is 2. The Bertz CT molecular complexity index is 718. The van der Waals surface area contributed by atoms with E-state index in [0.717, 1.165) is 17.0 Å². The van der Waals surface area contributed by atoms with Crippen molar-refractivity contribution in [1.29, 1.82) is 0 Å². The lowest BCUT2D eigenvalue weighted by Gasteiger charge is -2.09. The van der Waals surface area contributed by atoms with Crippen LogP contribution in [0.3, 0.4) is 0 Å². The van der Waals surface area contributed by atoms with Crippen molar-refractivity contribution in [2.75, 3.05) is 5.43 Å². The number of H-pyrrole nitrogens is 1. The summed E-state index contributed by atoms with van der Waals surface area (Å²) in [6, 6.07) is 9.09. The number of ether oxygens (including phenoxy) is 1. The Hall–Kier alpha value is -2.63. The Morgan fingerprint density at radius 1 is 1.22 bits per heavy atom. The number of hydrazone groups is 1. The molecule has 0 spiro atoms. The van der Waals surface area contributed by atoms with Crippen LogP contribution in [0.1, 0.15) is 44.9 Å². The Balaban J connectivity index is 2.03. The zero-order valence-electron chi connectivity index (χ0n) is 13.8. The van der Waals surface area contributed by atoms with Gasteiger partial charge in [-0.05, 0) is 49.6 Å². The third kappa shape index (κ3) is 5.25. The molecular weight excluding hydrogens is 292 g/mol. The SMILES string of the molecule is CC(C)Oc1ccc(/C=N\Nc2nc(C(C)C)cc(=O)[nH]2)cc1. The van der Waals surface area contributed by atoms with E-state index in [1.165, 1.54) is 6.07 Å². The van der Waals surface area contributed by atoms with Crippen molar-refractivity contribution < 1.29 is 4.74 Å². The molecule has 2 aromatic rings. The van der Waals surface area contributed by atoms with Gasteiger partial charge in [0.25, 0.3) is 5.56 Å². The molecule has 0 unspecified atom stereocenters. The monoisotopic (exact) mass is 314 g/mol. The second-order valence-corrected chi connectivity index (χ2v) is 5.78. The van der Waals surface area contributed by atoms with Crippen molar-refractivity contribution in [1.82, 2.24) is 9.97 Å². The molecule has 0 saturated carbocycles. The highest BCUT2D eigenvalue weighted by Crippen LogP contribution is 2.13. The smallest absolute Gasteiger partial charge is 0.252 e. The van der Waals surface area contributed by atoms with Gasteiger partial charge in [-0.3, -0.25) is 9.78 Å². The zero-order valence-corrected chi connectivity index (χ0v) is 13.8. The molecule has 122 valence electrons. The largest absolute Gasteiger partial charge is 0.491 e. The highest BCUT2D eigenvalue weighted by molar-refractivity contribution is 5.80. The van der Waals surface area contributed by atoms with E-state index in [0.29, 0.717) is 5.95 Å². The normalized spacial score (nSPS) is 11.4. The number of hydrogen-bond donors (Lipinski definition) is 2. The minimum absolute atomic E-state index is 0.146. The number of hydrogen-bond acceptors (Lipinski definition) is 5. The fraction of sp³-hybridized carbons (Fsp3) is 0.353. The number of nitrogens with zero attached hydrogens (tertiary/aromatic N) is 2. The standard InChI is InChI=1S/C17H22N4O2/c1-11(2)15-9-16(22)20-17(19-15)21-18-10-13-5-7-14(8-6-13)23-12(3)4/h5-12H,1-4H3,(H2,19,20,21,22)/b18-10-. The molecule has 0 atom stereocenters. The molecule has 23 heavy (non-hydrogen) atoms. The second-order valence-electron chi connectivity index (χ2n) is 5.78. The minimum atomic E-state index is -0.198.